The van der Waals surface area contributed by atoms with Crippen molar-refractivity contribution in [1.29, 1.82) is 0 Å². The minimum atomic E-state index is -3.48. The molecule has 0 bridgehead atoms. The summed E-state index contributed by atoms with van der Waals surface area (Å²) < 4.78 is 47.9. The second-order valence-corrected chi connectivity index (χ2v) is 8.90. The highest BCUT2D eigenvalue weighted by Gasteiger charge is 2.31. The first-order chi connectivity index (χ1) is 7.42. The van der Waals surface area contributed by atoms with Crippen LogP contribution in [0.1, 0.15) is 0 Å². The molecule has 90 valence electrons. The molecule has 1 aliphatic heterocycles. The van der Waals surface area contributed by atoms with Gasteiger partial charge in [0.15, 0.2) is 9.84 Å². The molecule has 0 saturated carbocycles. The van der Waals surface area contributed by atoms with E-state index in [2.05, 4.69) is 0 Å². The maximum Gasteiger partial charge on any atom is 0.252 e. The summed E-state index contributed by atoms with van der Waals surface area (Å²) in [5, 5.41) is 1.69. The third-order valence-electron chi connectivity index (χ3n) is 2.39. The lowest BCUT2D eigenvalue weighted by Gasteiger charge is -2.25. The van der Waals surface area contributed by atoms with E-state index in [9.17, 15) is 16.8 Å². The van der Waals surface area contributed by atoms with E-state index in [0.717, 1.165) is 11.3 Å². The van der Waals surface area contributed by atoms with Gasteiger partial charge in [0.25, 0.3) is 10.0 Å². The minimum Gasteiger partial charge on any atom is -0.229 e. The molecular weight excluding hydrogens is 270 g/mol. The quantitative estimate of drug-likeness (QED) is 0.774. The Labute approximate surface area is 98.7 Å². The van der Waals surface area contributed by atoms with Crippen LogP contribution in [0.25, 0.3) is 0 Å². The monoisotopic (exact) mass is 281 g/mol. The van der Waals surface area contributed by atoms with Crippen molar-refractivity contribution >= 4 is 31.2 Å². The normalized spacial score (nSPS) is 22.0. The van der Waals surface area contributed by atoms with E-state index in [1.54, 1.807) is 11.4 Å². The standard InChI is InChI=1S/C8H11NO4S3/c10-15(11)6-3-9(4-7-15)16(12,13)8-2-1-5-14-8/h1-2,5H,3-4,6-7H2. The lowest BCUT2D eigenvalue weighted by molar-refractivity contribution is 0.432. The third-order valence-corrected chi connectivity index (χ3v) is 7.27. The van der Waals surface area contributed by atoms with Gasteiger partial charge < -0.3 is 0 Å². The van der Waals surface area contributed by atoms with E-state index in [0.29, 0.717) is 0 Å². The Hall–Kier alpha value is -0.440. The summed E-state index contributed by atoms with van der Waals surface area (Å²) in [4.78, 5) is 0. The van der Waals surface area contributed by atoms with Gasteiger partial charge in [-0.25, -0.2) is 16.8 Å². The van der Waals surface area contributed by atoms with Crippen LogP contribution in [0.15, 0.2) is 21.7 Å². The largest absolute Gasteiger partial charge is 0.252 e. The molecule has 1 aliphatic rings. The van der Waals surface area contributed by atoms with Crippen molar-refractivity contribution in [2.24, 2.45) is 0 Å². The Bertz CT molecular complexity index is 544. The lowest BCUT2D eigenvalue weighted by atomic mass is 10.6. The summed E-state index contributed by atoms with van der Waals surface area (Å²) in [6, 6.07) is 3.20. The Morgan fingerprint density at radius 3 is 2.38 bits per heavy atom. The van der Waals surface area contributed by atoms with Crippen molar-refractivity contribution in [3.63, 3.8) is 0 Å². The molecule has 2 rings (SSSR count). The maximum atomic E-state index is 12.0. The number of rotatable bonds is 2. The van der Waals surface area contributed by atoms with E-state index in [4.69, 9.17) is 0 Å². The molecule has 0 radical (unpaired) electrons. The van der Waals surface area contributed by atoms with Crippen LogP contribution < -0.4 is 0 Å². The van der Waals surface area contributed by atoms with Gasteiger partial charge in [-0.2, -0.15) is 4.31 Å². The van der Waals surface area contributed by atoms with Crippen molar-refractivity contribution in [3.05, 3.63) is 17.5 Å². The predicted octanol–water partition coefficient (Wildman–Crippen LogP) is 0.167. The molecule has 2 heterocycles. The van der Waals surface area contributed by atoms with Gasteiger partial charge in [0.1, 0.15) is 4.21 Å². The highest BCUT2D eigenvalue weighted by atomic mass is 32.2. The molecule has 1 saturated heterocycles. The highest BCUT2D eigenvalue weighted by molar-refractivity contribution is 7.92. The Kier molecular flexibility index (Phi) is 3.08. The van der Waals surface area contributed by atoms with E-state index in [-0.39, 0.29) is 28.8 Å². The second-order valence-electron chi connectivity index (χ2n) is 3.49. The van der Waals surface area contributed by atoms with Gasteiger partial charge in [-0.3, -0.25) is 0 Å². The van der Waals surface area contributed by atoms with Gasteiger partial charge in [0.05, 0.1) is 11.5 Å². The topological polar surface area (TPSA) is 71.5 Å². The number of sulfone groups is 1. The maximum absolute atomic E-state index is 12.0. The van der Waals surface area contributed by atoms with Crippen molar-refractivity contribution in [2.75, 3.05) is 24.6 Å². The van der Waals surface area contributed by atoms with Gasteiger partial charge in [-0.1, -0.05) is 6.07 Å². The fourth-order valence-electron chi connectivity index (χ4n) is 1.47. The van der Waals surface area contributed by atoms with E-state index < -0.39 is 19.9 Å². The molecule has 0 spiro atoms. The van der Waals surface area contributed by atoms with Crippen LogP contribution in [-0.4, -0.2) is 45.7 Å². The molecule has 0 atom stereocenters. The summed E-state index contributed by atoms with van der Waals surface area (Å²) in [6.07, 6.45) is 0. The van der Waals surface area contributed by atoms with Crippen molar-refractivity contribution < 1.29 is 16.8 Å². The number of nitrogens with zero attached hydrogens (tertiary/aromatic N) is 1. The summed E-state index contributed by atoms with van der Waals surface area (Å²) in [5.41, 5.74) is 0. The first-order valence-corrected chi connectivity index (χ1v) is 8.80. The molecule has 0 aromatic carbocycles. The first kappa shape index (κ1) is 12.0. The summed E-state index contributed by atoms with van der Waals surface area (Å²) in [5.74, 6) is -0.171. The van der Waals surface area contributed by atoms with Crippen molar-refractivity contribution in [3.8, 4) is 0 Å². The number of hydrogen-bond donors (Lipinski definition) is 0. The van der Waals surface area contributed by atoms with Crippen LogP contribution in [-0.2, 0) is 19.9 Å². The average Bonchev–Trinajstić information content (AvgIpc) is 2.70. The summed E-state index contributed by atoms with van der Waals surface area (Å²) in [6.45, 7) is 0.116. The van der Waals surface area contributed by atoms with E-state index in [1.807, 2.05) is 0 Å². The molecule has 5 nitrogen and oxygen atoms in total. The Morgan fingerprint density at radius 1 is 1.25 bits per heavy atom. The van der Waals surface area contributed by atoms with Crippen LogP contribution in [0.3, 0.4) is 0 Å². The minimum absolute atomic E-state index is 0.0581. The molecule has 1 aromatic heterocycles. The van der Waals surface area contributed by atoms with E-state index in [1.165, 1.54) is 10.4 Å². The number of hydrogen-bond acceptors (Lipinski definition) is 5. The van der Waals surface area contributed by atoms with Gasteiger partial charge in [0.2, 0.25) is 0 Å². The Balaban J connectivity index is 2.22. The fourth-order valence-corrected chi connectivity index (χ4v) is 5.49. The highest BCUT2D eigenvalue weighted by Crippen LogP contribution is 2.22. The SMILES string of the molecule is O=S1(=O)CCN(S(=O)(=O)c2cccs2)CC1. The third kappa shape index (κ3) is 2.29. The number of thiophene rings is 1. The molecule has 0 amide bonds. The average molecular weight is 281 g/mol. The van der Waals surface area contributed by atoms with E-state index >= 15 is 0 Å². The van der Waals surface area contributed by atoms with Gasteiger partial charge in [-0.05, 0) is 11.4 Å². The molecule has 16 heavy (non-hydrogen) atoms. The van der Waals surface area contributed by atoms with Crippen molar-refractivity contribution in [2.45, 2.75) is 4.21 Å². The second kappa shape index (κ2) is 4.10. The lowest BCUT2D eigenvalue weighted by Crippen LogP contribution is -2.43. The van der Waals surface area contributed by atoms with Gasteiger partial charge in [0, 0.05) is 13.1 Å². The van der Waals surface area contributed by atoms with Gasteiger partial charge >= 0.3 is 0 Å². The molecule has 1 fully saturated rings. The first-order valence-electron chi connectivity index (χ1n) is 4.66. The zero-order chi connectivity index (χ0) is 11.8. The summed E-state index contributed by atoms with van der Waals surface area (Å²) >= 11 is 1.14. The molecule has 0 unspecified atom stereocenters. The van der Waals surface area contributed by atoms with Crippen LogP contribution in [0.4, 0.5) is 0 Å². The zero-order valence-corrected chi connectivity index (χ0v) is 10.8. The molecule has 1 aromatic rings. The van der Waals surface area contributed by atoms with Crippen LogP contribution in [0, 0.1) is 0 Å². The molecule has 8 heteroatoms. The van der Waals surface area contributed by atoms with Crippen LogP contribution >= 0.6 is 11.3 Å². The predicted molar refractivity (Wildman–Crippen MR) is 61.7 cm³/mol. The Morgan fingerprint density at radius 2 is 1.88 bits per heavy atom. The van der Waals surface area contributed by atoms with Gasteiger partial charge in [-0.15, -0.1) is 11.3 Å². The fraction of sp³-hybridized carbons (Fsp3) is 0.500. The smallest absolute Gasteiger partial charge is 0.229 e. The molecule has 0 N–H and O–H groups in total. The zero-order valence-electron chi connectivity index (χ0n) is 8.37. The molecular formula is C8H11NO4S3. The van der Waals surface area contributed by atoms with Crippen LogP contribution in [0.2, 0.25) is 0 Å². The van der Waals surface area contributed by atoms with Crippen molar-refractivity contribution in [1.82, 2.24) is 4.31 Å². The van der Waals surface area contributed by atoms with Crippen LogP contribution in [0.5, 0.6) is 0 Å². The summed E-state index contributed by atoms with van der Waals surface area (Å²) in [7, 11) is -6.53. The molecule has 0 aliphatic carbocycles. The number of sulfonamides is 1.